The molecule has 3 rings (SSSR count). The standard InChI is InChI=1S/C16H21NO5S/c18-9-12-7-16(1-3-22-4-2-16)17(8-12)14(19)6-11-5-13(15(20)21)23-10-11/h5,10,12,18H,1-4,6-9H2,(H,20,21). The zero-order valence-electron chi connectivity index (χ0n) is 12.9. The second-order valence-electron chi connectivity index (χ2n) is 6.39. The minimum atomic E-state index is -0.962. The summed E-state index contributed by atoms with van der Waals surface area (Å²) in [5.41, 5.74) is 0.543. The average Bonchev–Trinajstić information content (AvgIpc) is 3.13. The lowest BCUT2D eigenvalue weighted by Gasteiger charge is -2.41. The van der Waals surface area contributed by atoms with Crippen molar-refractivity contribution in [1.29, 1.82) is 0 Å². The van der Waals surface area contributed by atoms with Gasteiger partial charge >= 0.3 is 5.97 Å². The first-order valence-corrected chi connectivity index (χ1v) is 8.72. The van der Waals surface area contributed by atoms with Gasteiger partial charge in [-0.3, -0.25) is 4.79 Å². The summed E-state index contributed by atoms with van der Waals surface area (Å²) >= 11 is 1.14. The van der Waals surface area contributed by atoms with Crippen LogP contribution in [0.15, 0.2) is 11.4 Å². The van der Waals surface area contributed by atoms with Gasteiger partial charge < -0.3 is 19.8 Å². The van der Waals surface area contributed by atoms with Gasteiger partial charge in [0, 0.05) is 37.8 Å². The molecule has 1 atom stereocenters. The third-order valence-electron chi connectivity index (χ3n) is 4.88. The molecule has 0 aliphatic carbocycles. The van der Waals surface area contributed by atoms with Crippen molar-refractivity contribution in [1.82, 2.24) is 4.90 Å². The highest BCUT2D eigenvalue weighted by atomic mass is 32.1. The number of carbonyl (C=O) groups excluding carboxylic acids is 1. The highest BCUT2D eigenvalue weighted by molar-refractivity contribution is 7.12. The molecule has 2 saturated heterocycles. The minimum absolute atomic E-state index is 0.0117. The maximum Gasteiger partial charge on any atom is 0.345 e. The molecular weight excluding hydrogens is 318 g/mol. The van der Waals surface area contributed by atoms with Crippen LogP contribution in [0.3, 0.4) is 0 Å². The maximum absolute atomic E-state index is 12.8. The third kappa shape index (κ3) is 3.27. The van der Waals surface area contributed by atoms with Crippen LogP contribution in [-0.4, -0.2) is 58.9 Å². The van der Waals surface area contributed by atoms with E-state index in [2.05, 4.69) is 0 Å². The Bertz CT molecular complexity index is 593. The summed E-state index contributed by atoms with van der Waals surface area (Å²) in [5.74, 6) is -0.831. The predicted octanol–water partition coefficient (Wildman–Crippen LogP) is 1.38. The van der Waals surface area contributed by atoms with E-state index in [1.807, 2.05) is 4.90 Å². The molecule has 3 heterocycles. The highest BCUT2D eigenvalue weighted by Crippen LogP contribution is 2.40. The van der Waals surface area contributed by atoms with E-state index >= 15 is 0 Å². The van der Waals surface area contributed by atoms with Gasteiger partial charge in [0.25, 0.3) is 0 Å². The summed E-state index contributed by atoms with van der Waals surface area (Å²) in [6, 6.07) is 1.57. The van der Waals surface area contributed by atoms with E-state index in [1.54, 1.807) is 11.4 Å². The molecule has 0 saturated carbocycles. The molecule has 0 aromatic carbocycles. The molecule has 1 aromatic heterocycles. The number of rotatable bonds is 4. The van der Waals surface area contributed by atoms with Crippen LogP contribution in [0.2, 0.25) is 0 Å². The molecule has 126 valence electrons. The van der Waals surface area contributed by atoms with Gasteiger partial charge in [-0.05, 0) is 36.3 Å². The molecular formula is C16H21NO5S. The lowest BCUT2D eigenvalue weighted by molar-refractivity contribution is -0.137. The van der Waals surface area contributed by atoms with E-state index in [0.717, 1.165) is 36.2 Å². The Balaban J connectivity index is 1.74. The van der Waals surface area contributed by atoms with Crippen molar-refractivity contribution in [3.8, 4) is 0 Å². The monoisotopic (exact) mass is 339 g/mol. The topological polar surface area (TPSA) is 87.1 Å². The first kappa shape index (κ1) is 16.4. The number of aromatic carboxylic acids is 1. The van der Waals surface area contributed by atoms with Crippen LogP contribution in [0.1, 0.15) is 34.5 Å². The van der Waals surface area contributed by atoms with E-state index in [0.29, 0.717) is 19.8 Å². The average molecular weight is 339 g/mol. The molecule has 1 unspecified atom stereocenters. The molecule has 2 aliphatic rings. The third-order valence-corrected chi connectivity index (χ3v) is 5.85. The summed E-state index contributed by atoms with van der Waals surface area (Å²) in [4.78, 5) is 25.9. The fraction of sp³-hybridized carbons (Fsp3) is 0.625. The lowest BCUT2D eigenvalue weighted by Crippen LogP contribution is -2.51. The Morgan fingerprint density at radius 3 is 2.74 bits per heavy atom. The van der Waals surface area contributed by atoms with Crippen molar-refractivity contribution in [3.63, 3.8) is 0 Å². The minimum Gasteiger partial charge on any atom is -0.477 e. The Morgan fingerprint density at radius 1 is 1.39 bits per heavy atom. The Hall–Kier alpha value is -1.44. The van der Waals surface area contributed by atoms with E-state index in [4.69, 9.17) is 9.84 Å². The number of carbonyl (C=O) groups is 2. The normalized spacial score (nSPS) is 23.3. The largest absolute Gasteiger partial charge is 0.477 e. The summed E-state index contributed by atoms with van der Waals surface area (Å²) in [7, 11) is 0. The molecule has 1 aromatic rings. The van der Waals surface area contributed by atoms with Crippen LogP contribution in [0, 0.1) is 5.92 Å². The van der Waals surface area contributed by atoms with Crippen LogP contribution >= 0.6 is 11.3 Å². The second-order valence-corrected chi connectivity index (χ2v) is 7.31. The molecule has 1 spiro atoms. The van der Waals surface area contributed by atoms with Gasteiger partial charge in [-0.1, -0.05) is 0 Å². The van der Waals surface area contributed by atoms with Crippen molar-refractivity contribution in [2.75, 3.05) is 26.4 Å². The number of hydrogen-bond donors (Lipinski definition) is 2. The SMILES string of the molecule is O=C(O)c1cc(CC(=O)N2CC(CO)CC23CCOCC3)cs1. The fourth-order valence-electron chi connectivity index (χ4n) is 3.73. The smallest absolute Gasteiger partial charge is 0.345 e. The predicted molar refractivity (Wildman–Crippen MR) is 84.7 cm³/mol. The molecule has 2 aliphatic heterocycles. The van der Waals surface area contributed by atoms with E-state index in [9.17, 15) is 14.7 Å². The summed E-state index contributed by atoms with van der Waals surface area (Å²) in [6.45, 7) is 1.95. The van der Waals surface area contributed by atoms with Crippen molar-refractivity contribution in [3.05, 3.63) is 21.9 Å². The van der Waals surface area contributed by atoms with Crippen LogP contribution in [0.25, 0.3) is 0 Å². The maximum atomic E-state index is 12.8. The van der Waals surface area contributed by atoms with Gasteiger partial charge in [-0.2, -0.15) is 0 Å². The van der Waals surface area contributed by atoms with E-state index in [1.165, 1.54) is 0 Å². The van der Waals surface area contributed by atoms with Gasteiger partial charge in [0.1, 0.15) is 4.88 Å². The zero-order chi connectivity index (χ0) is 16.4. The van der Waals surface area contributed by atoms with E-state index < -0.39 is 5.97 Å². The number of likely N-dealkylation sites (tertiary alicyclic amines) is 1. The number of nitrogens with zero attached hydrogens (tertiary/aromatic N) is 1. The zero-order valence-corrected chi connectivity index (χ0v) is 13.7. The quantitative estimate of drug-likeness (QED) is 0.865. The van der Waals surface area contributed by atoms with Crippen LogP contribution < -0.4 is 0 Å². The Kier molecular flexibility index (Phi) is 4.70. The molecule has 7 heteroatoms. The van der Waals surface area contributed by atoms with Crippen molar-refractivity contribution in [2.45, 2.75) is 31.2 Å². The van der Waals surface area contributed by atoms with Crippen LogP contribution in [-0.2, 0) is 16.0 Å². The van der Waals surface area contributed by atoms with Gasteiger partial charge in [-0.25, -0.2) is 4.79 Å². The number of thiophene rings is 1. The van der Waals surface area contributed by atoms with Crippen LogP contribution in [0.5, 0.6) is 0 Å². The molecule has 6 nitrogen and oxygen atoms in total. The lowest BCUT2D eigenvalue weighted by atomic mass is 9.85. The number of carboxylic acids is 1. The molecule has 2 fully saturated rings. The van der Waals surface area contributed by atoms with Gasteiger partial charge in [-0.15, -0.1) is 11.3 Å². The molecule has 23 heavy (non-hydrogen) atoms. The summed E-state index contributed by atoms with van der Waals surface area (Å²) in [6.07, 6.45) is 2.64. The van der Waals surface area contributed by atoms with Gasteiger partial charge in [0.05, 0.1) is 6.42 Å². The van der Waals surface area contributed by atoms with Crippen LogP contribution in [0.4, 0.5) is 0 Å². The van der Waals surface area contributed by atoms with Crippen molar-refractivity contribution < 1.29 is 24.5 Å². The highest BCUT2D eigenvalue weighted by Gasteiger charge is 2.48. The molecule has 0 radical (unpaired) electrons. The molecule has 1 amide bonds. The first-order chi connectivity index (χ1) is 11.0. The van der Waals surface area contributed by atoms with Crippen molar-refractivity contribution in [2.24, 2.45) is 5.92 Å². The van der Waals surface area contributed by atoms with Gasteiger partial charge in [0.15, 0.2) is 0 Å². The molecule has 2 N–H and O–H groups in total. The number of hydrogen-bond acceptors (Lipinski definition) is 5. The second kappa shape index (κ2) is 6.59. The number of ether oxygens (including phenoxy) is 1. The number of amides is 1. The summed E-state index contributed by atoms with van der Waals surface area (Å²) in [5, 5.41) is 20.2. The van der Waals surface area contributed by atoms with Gasteiger partial charge in [0.2, 0.25) is 5.91 Å². The Morgan fingerprint density at radius 2 is 2.13 bits per heavy atom. The van der Waals surface area contributed by atoms with E-state index in [-0.39, 0.29) is 35.3 Å². The number of carboxylic acid groups (broad SMARTS) is 1. The summed E-state index contributed by atoms with van der Waals surface area (Å²) < 4.78 is 5.44. The first-order valence-electron chi connectivity index (χ1n) is 7.84. The number of aliphatic hydroxyl groups is 1. The Labute approximate surface area is 138 Å². The molecule has 0 bridgehead atoms. The number of aliphatic hydroxyl groups excluding tert-OH is 1. The fourth-order valence-corrected chi connectivity index (χ4v) is 4.48. The van der Waals surface area contributed by atoms with Crippen molar-refractivity contribution >= 4 is 23.2 Å².